The molecule has 0 saturated heterocycles. The summed E-state index contributed by atoms with van der Waals surface area (Å²) in [4.78, 5) is 35.1. The standard InChI is InChI=1S/C15H21F3N2O4/c1-24-14(23)9-4-2-8(3-5-9)12(21)19-20-13(22)10-6-11(7-10)15(16,17)18/h8-11H,2-7H2,1H3,(H,19,21)(H,20,22)/t8-,9-,10-,11+. The van der Waals surface area contributed by atoms with Gasteiger partial charge in [-0.15, -0.1) is 0 Å². The lowest BCUT2D eigenvalue weighted by Gasteiger charge is -2.35. The SMILES string of the molecule is COC(=O)[C@H]1CC[C@H](C(=O)NNC(=O)[C@H]2C[C@@H](C(F)(F)F)C2)CC1. The van der Waals surface area contributed by atoms with Crippen molar-refractivity contribution in [1.29, 1.82) is 0 Å². The molecule has 136 valence electrons. The Morgan fingerprint density at radius 3 is 1.79 bits per heavy atom. The van der Waals surface area contributed by atoms with Crippen molar-refractivity contribution in [3.05, 3.63) is 0 Å². The molecule has 2 aliphatic carbocycles. The van der Waals surface area contributed by atoms with Gasteiger partial charge in [-0.1, -0.05) is 0 Å². The van der Waals surface area contributed by atoms with Gasteiger partial charge in [0.2, 0.25) is 11.8 Å². The predicted octanol–water partition coefficient (Wildman–Crippen LogP) is 1.70. The van der Waals surface area contributed by atoms with E-state index in [4.69, 9.17) is 0 Å². The maximum atomic E-state index is 12.4. The molecular formula is C15H21F3N2O4. The van der Waals surface area contributed by atoms with Crippen molar-refractivity contribution in [2.75, 3.05) is 7.11 Å². The Balaban J connectivity index is 1.67. The minimum Gasteiger partial charge on any atom is -0.469 e. The monoisotopic (exact) mass is 350 g/mol. The second-order valence-electron chi connectivity index (χ2n) is 6.46. The molecule has 0 aromatic rings. The van der Waals surface area contributed by atoms with Gasteiger partial charge < -0.3 is 4.74 Å². The lowest BCUT2D eigenvalue weighted by Crippen LogP contribution is -2.51. The molecule has 0 aromatic carbocycles. The number of esters is 1. The van der Waals surface area contributed by atoms with Gasteiger partial charge in [-0.25, -0.2) is 0 Å². The van der Waals surface area contributed by atoms with Crippen LogP contribution < -0.4 is 10.9 Å². The number of halogens is 3. The van der Waals surface area contributed by atoms with E-state index in [-0.39, 0.29) is 36.6 Å². The first-order valence-corrected chi connectivity index (χ1v) is 7.96. The third-order valence-electron chi connectivity index (χ3n) is 4.91. The Morgan fingerprint density at radius 2 is 1.33 bits per heavy atom. The van der Waals surface area contributed by atoms with Gasteiger partial charge in [0.05, 0.1) is 18.9 Å². The van der Waals surface area contributed by atoms with Crippen molar-refractivity contribution < 1.29 is 32.3 Å². The maximum Gasteiger partial charge on any atom is 0.391 e. The fraction of sp³-hybridized carbons (Fsp3) is 0.800. The number of nitrogens with one attached hydrogen (secondary N) is 2. The molecule has 0 atom stereocenters. The Kier molecular flexibility index (Phi) is 5.71. The number of ether oxygens (including phenoxy) is 1. The molecule has 2 N–H and O–H groups in total. The molecular weight excluding hydrogens is 329 g/mol. The van der Waals surface area contributed by atoms with Gasteiger partial charge in [-0.2, -0.15) is 13.2 Å². The average Bonchev–Trinajstić information content (AvgIpc) is 2.49. The highest BCUT2D eigenvalue weighted by molar-refractivity contribution is 5.85. The van der Waals surface area contributed by atoms with E-state index in [9.17, 15) is 27.6 Å². The minimum absolute atomic E-state index is 0.206. The molecule has 0 unspecified atom stereocenters. The second kappa shape index (κ2) is 7.40. The first-order valence-electron chi connectivity index (χ1n) is 7.96. The average molecular weight is 350 g/mol. The second-order valence-corrected chi connectivity index (χ2v) is 6.46. The van der Waals surface area contributed by atoms with Gasteiger partial charge in [-0.05, 0) is 38.5 Å². The normalized spacial score (nSPS) is 30.0. The summed E-state index contributed by atoms with van der Waals surface area (Å²) in [6.45, 7) is 0. The van der Waals surface area contributed by atoms with Crippen LogP contribution in [0.4, 0.5) is 13.2 Å². The predicted molar refractivity (Wildman–Crippen MR) is 76.0 cm³/mol. The lowest BCUT2D eigenvalue weighted by molar-refractivity contribution is -0.204. The topological polar surface area (TPSA) is 84.5 Å². The zero-order valence-electron chi connectivity index (χ0n) is 13.3. The highest BCUT2D eigenvalue weighted by atomic mass is 19.4. The molecule has 0 heterocycles. The number of alkyl halides is 3. The zero-order valence-corrected chi connectivity index (χ0v) is 13.3. The van der Waals surface area contributed by atoms with Crippen LogP contribution in [0.1, 0.15) is 38.5 Å². The molecule has 0 bridgehead atoms. The van der Waals surface area contributed by atoms with Crippen molar-refractivity contribution in [3.63, 3.8) is 0 Å². The Bertz CT molecular complexity index is 495. The van der Waals surface area contributed by atoms with Crippen molar-refractivity contribution in [2.24, 2.45) is 23.7 Å². The van der Waals surface area contributed by atoms with E-state index in [1.54, 1.807) is 0 Å². The van der Waals surface area contributed by atoms with Crippen molar-refractivity contribution in [2.45, 2.75) is 44.7 Å². The molecule has 2 saturated carbocycles. The Morgan fingerprint density at radius 1 is 0.875 bits per heavy atom. The number of carbonyl (C=O) groups excluding carboxylic acids is 3. The Hall–Kier alpha value is -1.80. The first-order chi connectivity index (χ1) is 11.2. The summed E-state index contributed by atoms with van der Waals surface area (Å²) in [5.41, 5.74) is 4.48. The summed E-state index contributed by atoms with van der Waals surface area (Å²) in [5, 5.41) is 0. The van der Waals surface area contributed by atoms with Gasteiger partial charge in [0.25, 0.3) is 0 Å². The van der Waals surface area contributed by atoms with Crippen LogP contribution in [0, 0.1) is 23.7 Å². The number of amides is 2. The van der Waals surface area contributed by atoms with E-state index in [0.29, 0.717) is 25.7 Å². The molecule has 2 amide bonds. The highest BCUT2D eigenvalue weighted by Crippen LogP contribution is 2.44. The molecule has 0 aromatic heterocycles. The van der Waals surface area contributed by atoms with E-state index in [1.165, 1.54) is 7.11 Å². The molecule has 0 radical (unpaired) electrons. The minimum atomic E-state index is -4.27. The largest absolute Gasteiger partial charge is 0.469 e. The van der Waals surface area contributed by atoms with Gasteiger partial charge in [0.1, 0.15) is 0 Å². The molecule has 0 aliphatic heterocycles. The quantitative estimate of drug-likeness (QED) is 0.599. The summed E-state index contributed by atoms with van der Waals surface area (Å²) in [6, 6.07) is 0. The number of hydrogen-bond donors (Lipinski definition) is 2. The third-order valence-corrected chi connectivity index (χ3v) is 4.91. The van der Waals surface area contributed by atoms with Crippen LogP contribution in [0.2, 0.25) is 0 Å². The number of hydrazine groups is 1. The summed E-state index contributed by atoms with van der Waals surface area (Å²) >= 11 is 0. The fourth-order valence-electron chi connectivity index (χ4n) is 3.18. The fourth-order valence-corrected chi connectivity index (χ4v) is 3.18. The molecule has 0 spiro atoms. The summed E-state index contributed by atoms with van der Waals surface area (Å²) < 4.78 is 41.8. The van der Waals surface area contributed by atoms with Crippen molar-refractivity contribution >= 4 is 17.8 Å². The number of carbonyl (C=O) groups is 3. The van der Waals surface area contributed by atoms with Crippen LogP contribution in [0.25, 0.3) is 0 Å². The van der Waals surface area contributed by atoms with Crippen LogP contribution in [0.15, 0.2) is 0 Å². The van der Waals surface area contributed by atoms with Crippen LogP contribution in [-0.2, 0) is 19.1 Å². The Labute approximate surface area is 137 Å². The molecule has 2 aliphatic rings. The number of rotatable bonds is 3. The van der Waals surface area contributed by atoms with Crippen LogP contribution in [0.3, 0.4) is 0 Å². The lowest BCUT2D eigenvalue weighted by atomic mass is 9.74. The molecule has 2 rings (SSSR count). The van der Waals surface area contributed by atoms with Crippen molar-refractivity contribution in [3.8, 4) is 0 Å². The van der Waals surface area contributed by atoms with Crippen LogP contribution >= 0.6 is 0 Å². The van der Waals surface area contributed by atoms with Gasteiger partial charge in [0.15, 0.2) is 0 Å². The van der Waals surface area contributed by atoms with Crippen LogP contribution in [0.5, 0.6) is 0 Å². The zero-order chi connectivity index (χ0) is 17.9. The van der Waals surface area contributed by atoms with E-state index in [2.05, 4.69) is 15.6 Å². The third kappa shape index (κ3) is 4.39. The smallest absolute Gasteiger partial charge is 0.391 e. The summed E-state index contributed by atoms with van der Waals surface area (Å²) in [6.07, 6.45) is -2.67. The number of methoxy groups -OCH3 is 1. The van der Waals surface area contributed by atoms with E-state index in [1.807, 2.05) is 0 Å². The van der Waals surface area contributed by atoms with E-state index >= 15 is 0 Å². The van der Waals surface area contributed by atoms with Gasteiger partial charge in [-0.3, -0.25) is 25.2 Å². The molecule has 24 heavy (non-hydrogen) atoms. The van der Waals surface area contributed by atoms with Crippen molar-refractivity contribution in [1.82, 2.24) is 10.9 Å². The van der Waals surface area contributed by atoms with Crippen LogP contribution in [-0.4, -0.2) is 31.1 Å². The van der Waals surface area contributed by atoms with Gasteiger partial charge >= 0.3 is 12.1 Å². The first kappa shape index (κ1) is 18.5. The summed E-state index contributed by atoms with van der Waals surface area (Å²) in [5.74, 6) is -3.93. The van der Waals surface area contributed by atoms with E-state index < -0.39 is 23.9 Å². The van der Waals surface area contributed by atoms with Gasteiger partial charge in [0, 0.05) is 11.8 Å². The molecule has 2 fully saturated rings. The molecule has 9 heteroatoms. The maximum absolute atomic E-state index is 12.4. The number of hydrogen-bond acceptors (Lipinski definition) is 4. The summed E-state index contributed by atoms with van der Waals surface area (Å²) in [7, 11) is 1.32. The van der Waals surface area contributed by atoms with E-state index in [0.717, 1.165) is 0 Å². The molecule has 6 nitrogen and oxygen atoms in total. The highest BCUT2D eigenvalue weighted by Gasteiger charge is 2.50.